The maximum absolute atomic E-state index is 12.7. The molecule has 1 heterocycles. The van der Waals surface area contributed by atoms with Crippen molar-refractivity contribution in [3.8, 4) is 0 Å². The highest BCUT2D eigenvalue weighted by Gasteiger charge is 2.26. The summed E-state index contributed by atoms with van der Waals surface area (Å²) in [5.74, 6) is -0.421. The number of carbonyl (C=O) groups is 2. The van der Waals surface area contributed by atoms with Gasteiger partial charge >= 0.3 is 12.0 Å². The Morgan fingerprint density at radius 1 is 1.21 bits per heavy atom. The lowest BCUT2D eigenvalue weighted by Crippen LogP contribution is -2.54. The van der Waals surface area contributed by atoms with Gasteiger partial charge in [0.2, 0.25) is 0 Å². The van der Waals surface area contributed by atoms with Gasteiger partial charge in [-0.1, -0.05) is 60.7 Å². The highest BCUT2D eigenvalue weighted by Crippen LogP contribution is 2.09. The van der Waals surface area contributed by atoms with Crippen LogP contribution in [0.15, 0.2) is 60.7 Å². The molecule has 6 heteroatoms. The molecule has 0 aromatic heterocycles. The van der Waals surface area contributed by atoms with Gasteiger partial charge in [-0.2, -0.15) is 0 Å². The van der Waals surface area contributed by atoms with Gasteiger partial charge in [0, 0.05) is 32.6 Å². The summed E-state index contributed by atoms with van der Waals surface area (Å²) in [5, 5.41) is 2.88. The Hall–Kier alpha value is -2.86. The number of piperazine rings is 1. The number of likely N-dealkylation sites (N-methyl/N-ethyl adjacent to an activating group) is 1. The first-order valence-corrected chi connectivity index (χ1v) is 9.60. The summed E-state index contributed by atoms with van der Waals surface area (Å²) >= 11 is 0. The van der Waals surface area contributed by atoms with Gasteiger partial charge in [0.05, 0.1) is 0 Å². The third-order valence-electron chi connectivity index (χ3n) is 4.88. The molecule has 1 saturated heterocycles. The number of rotatable bonds is 6. The molecule has 2 amide bonds. The summed E-state index contributed by atoms with van der Waals surface area (Å²) in [4.78, 5) is 29.3. The van der Waals surface area contributed by atoms with Crippen molar-refractivity contribution in [3.63, 3.8) is 0 Å². The van der Waals surface area contributed by atoms with E-state index in [1.807, 2.05) is 67.7 Å². The van der Waals surface area contributed by atoms with Crippen LogP contribution in [-0.2, 0) is 22.6 Å². The molecule has 0 radical (unpaired) electrons. The van der Waals surface area contributed by atoms with Crippen LogP contribution in [0, 0.1) is 0 Å². The smallest absolute Gasteiger partial charge is 0.329 e. The fourth-order valence-corrected chi connectivity index (χ4v) is 3.12. The van der Waals surface area contributed by atoms with Gasteiger partial charge in [-0.3, -0.25) is 0 Å². The van der Waals surface area contributed by atoms with Gasteiger partial charge in [0.15, 0.2) is 0 Å². The number of nitrogens with one attached hydrogen (secondary N) is 1. The summed E-state index contributed by atoms with van der Waals surface area (Å²) in [6.45, 7) is 3.15. The Balaban J connectivity index is 1.63. The van der Waals surface area contributed by atoms with Gasteiger partial charge in [-0.25, -0.2) is 9.59 Å². The number of ether oxygens (including phenoxy) is 1. The average molecular weight is 399 g/mol. The summed E-state index contributed by atoms with van der Waals surface area (Å²) < 4.78 is 5.49. The first-order chi connectivity index (χ1) is 13.6. The predicted octanol–water partition coefficient (Wildman–Crippen LogP) is 2.30. The fourth-order valence-electron chi connectivity index (χ4n) is 3.12. The van der Waals surface area contributed by atoms with Gasteiger partial charge < -0.3 is 19.9 Å². The molecule has 0 spiro atoms. The van der Waals surface area contributed by atoms with E-state index in [0.717, 1.165) is 24.2 Å². The summed E-state index contributed by atoms with van der Waals surface area (Å²) in [6.07, 6.45) is 0.397. The lowest BCUT2D eigenvalue weighted by molar-refractivity contribution is -0.147. The molecule has 1 atom stereocenters. The van der Waals surface area contributed by atoms with Crippen LogP contribution in [0.1, 0.15) is 11.1 Å². The molecule has 2 aromatic carbocycles. The number of hydrogen-bond acceptors (Lipinski definition) is 4. The van der Waals surface area contributed by atoms with E-state index in [-0.39, 0.29) is 12.6 Å². The molecule has 148 valence electrons. The van der Waals surface area contributed by atoms with E-state index in [9.17, 15) is 9.59 Å². The van der Waals surface area contributed by atoms with Crippen LogP contribution in [0.3, 0.4) is 0 Å². The second kappa shape index (κ2) is 9.90. The highest BCUT2D eigenvalue weighted by molar-refractivity contribution is 5.84. The molecular weight excluding hydrogens is 372 g/mol. The van der Waals surface area contributed by atoms with E-state index in [4.69, 9.17) is 4.74 Å². The normalized spacial score (nSPS) is 15.7. The van der Waals surface area contributed by atoms with Crippen LogP contribution in [0.25, 0.3) is 0 Å². The van der Waals surface area contributed by atoms with Crippen LogP contribution in [0.5, 0.6) is 0 Å². The zero-order chi connectivity index (χ0) is 19.8. The summed E-state index contributed by atoms with van der Waals surface area (Å²) in [5.41, 5.74) is 1.89. The zero-order valence-electron chi connectivity index (χ0n) is 16.2. The van der Waals surface area contributed by atoms with Crippen LogP contribution < -0.4 is 5.32 Å². The molecule has 28 heavy (non-hydrogen) atoms. The molecule has 0 saturated carbocycles. The SMILES string of the molecule is CN1CCN(C(=O)N[14C@@H]([14CH2][14c]2[14cH][14cH][14cH][14cH][14cH]2)[14C](=O)OCc2ccccc2)CC1. The van der Waals surface area contributed by atoms with Gasteiger partial charge in [0.25, 0.3) is 0 Å². The number of amides is 2. The minimum Gasteiger partial charge on any atom is -0.459 e. The third kappa shape index (κ3) is 5.82. The Morgan fingerprint density at radius 3 is 2.57 bits per heavy atom. The minimum absolute atomic E-state index is 0.190. The summed E-state index contributed by atoms with van der Waals surface area (Å²) in [7, 11) is 2.04. The average Bonchev–Trinajstić information content (AvgIpc) is 2.73. The summed E-state index contributed by atoms with van der Waals surface area (Å²) in [6, 6.07) is 18.2. The van der Waals surface area contributed by atoms with E-state index >= 15 is 0 Å². The Bertz CT molecular complexity index is 759. The third-order valence-corrected chi connectivity index (χ3v) is 4.88. The highest BCUT2D eigenvalue weighted by atomic mass is 16.8. The van der Waals surface area contributed by atoms with Gasteiger partial charge in [-0.15, -0.1) is 0 Å². The number of esters is 1. The molecule has 1 fully saturated rings. The van der Waals surface area contributed by atoms with Crippen molar-refractivity contribution in [2.24, 2.45) is 0 Å². The Labute approximate surface area is 166 Å². The fraction of sp³-hybridized carbons (Fsp3) is 0.364. The van der Waals surface area contributed by atoms with E-state index in [2.05, 4.69) is 10.2 Å². The van der Waals surface area contributed by atoms with Crippen molar-refractivity contribution < 1.29 is 14.3 Å². The van der Waals surface area contributed by atoms with E-state index in [1.165, 1.54) is 0 Å². The lowest BCUT2D eigenvalue weighted by atomic mass is 10.2. The quantitative estimate of drug-likeness (QED) is 0.758. The van der Waals surface area contributed by atoms with Crippen molar-refractivity contribution >= 4 is 12.0 Å². The monoisotopic (exact) mass is 399 g/mol. The van der Waals surface area contributed by atoms with Crippen LogP contribution in [-0.4, -0.2) is 61.1 Å². The van der Waals surface area contributed by atoms with Gasteiger partial charge in [0.1, 0.15) is 12.6 Å². The molecule has 0 aliphatic carbocycles. The van der Waals surface area contributed by atoms with Crippen LogP contribution in [0.4, 0.5) is 4.79 Å². The first-order valence-electron chi connectivity index (χ1n) is 9.60. The molecule has 0 unspecified atom stereocenters. The second-order valence-electron chi connectivity index (χ2n) is 7.08. The standard InChI is InChI=1S/C22H27N3O3/c1-24-12-14-25(15-13-24)22(27)23-20(16-18-8-4-2-5-9-18)21(26)28-17-19-10-6-3-7-11-19/h2-11,20H,12-17H2,1H3,(H,23,27)/t20-/m0/s1/i2+2,4+2,5+2,8+2,9+2,16+2,18+2,20+2,21+2. The van der Waals surface area contributed by atoms with E-state index in [0.29, 0.717) is 19.5 Å². The van der Waals surface area contributed by atoms with Crippen molar-refractivity contribution in [2.45, 2.75) is 19.1 Å². The van der Waals surface area contributed by atoms with E-state index < -0.39 is 12.0 Å². The molecule has 1 aliphatic rings. The van der Waals surface area contributed by atoms with Crippen LogP contribution in [0.2, 0.25) is 0 Å². The lowest BCUT2D eigenvalue weighted by Gasteiger charge is -2.33. The predicted molar refractivity (Wildman–Crippen MR) is 108 cm³/mol. The first kappa shape index (κ1) is 19.9. The molecule has 0 bridgehead atoms. The molecule has 6 nitrogen and oxygen atoms in total. The number of nitrogens with zero attached hydrogens (tertiary/aromatic N) is 2. The zero-order valence-corrected chi connectivity index (χ0v) is 16.2. The number of hydrogen-bond donors (Lipinski definition) is 1. The number of urea groups is 1. The maximum atomic E-state index is 12.7. The van der Waals surface area contributed by atoms with Crippen molar-refractivity contribution in [1.29, 1.82) is 0 Å². The molecular formula is C22H27N3O3. The van der Waals surface area contributed by atoms with Crippen molar-refractivity contribution in [3.05, 3.63) is 71.8 Å². The number of carbonyl (C=O) groups excluding carboxylic acids is 2. The van der Waals surface area contributed by atoms with Crippen molar-refractivity contribution in [2.75, 3.05) is 33.2 Å². The largest absolute Gasteiger partial charge is 0.459 e. The number of benzene rings is 2. The van der Waals surface area contributed by atoms with Crippen LogP contribution >= 0.6 is 0 Å². The Morgan fingerprint density at radius 2 is 1.89 bits per heavy atom. The van der Waals surface area contributed by atoms with Gasteiger partial charge in [-0.05, 0) is 18.2 Å². The molecule has 2 aromatic rings. The van der Waals surface area contributed by atoms with Crippen molar-refractivity contribution in [1.82, 2.24) is 15.1 Å². The topological polar surface area (TPSA) is 61.9 Å². The Kier molecular flexibility index (Phi) is 7.03. The minimum atomic E-state index is -0.724. The molecule has 1 N–H and O–H groups in total. The second-order valence-corrected chi connectivity index (χ2v) is 7.08. The molecule has 3 rings (SSSR count). The maximum Gasteiger partial charge on any atom is 0.329 e. The van der Waals surface area contributed by atoms with E-state index in [1.54, 1.807) is 4.90 Å². The molecule has 1 aliphatic heterocycles.